The van der Waals surface area contributed by atoms with Crippen LogP contribution in [0.25, 0.3) is 10.7 Å². The molecule has 1 amide bonds. The van der Waals surface area contributed by atoms with Gasteiger partial charge in [-0.2, -0.15) is 9.29 Å². The minimum Gasteiger partial charge on any atom is -0.339 e. The smallest absolute Gasteiger partial charge is 0.244 e. The zero-order valence-corrected chi connectivity index (χ0v) is 18.9. The van der Waals surface area contributed by atoms with Crippen molar-refractivity contribution in [3.05, 3.63) is 46.7 Å². The van der Waals surface area contributed by atoms with Gasteiger partial charge in [-0.15, -0.1) is 11.3 Å². The molecule has 1 aromatic carbocycles. The Bertz CT molecular complexity index is 1270. The summed E-state index contributed by atoms with van der Waals surface area (Å²) in [6, 6.07) is 4.58. The summed E-state index contributed by atoms with van der Waals surface area (Å²) < 4.78 is 59.4. The van der Waals surface area contributed by atoms with E-state index in [2.05, 4.69) is 15.5 Å². The summed E-state index contributed by atoms with van der Waals surface area (Å²) in [6.07, 6.45) is 0.979. The van der Waals surface area contributed by atoms with Crippen LogP contribution in [0.3, 0.4) is 0 Å². The average Bonchev–Trinajstić information content (AvgIpc) is 3.36. The Labute approximate surface area is 187 Å². The summed E-state index contributed by atoms with van der Waals surface area (Å²) in [7, 11) is -3.86. The first-order chi connectivity index (χ1) is 15.1. The molecule has 0 bridgehead atoms. The number of thiophene rings is 1. The molecule has 0 unspecified atom stereocenters. The number of aromatic nitrogens is 2. The molecule has 4 rings (SSSR count). The quantitative estimate of drug-likeness (QED) is 0.594. The lowest BCUT2D eigenvalue weighted by molar-refractivity contribution is -0.120. The molecule has 12 heteroatoms. The highest BCUT2D eigenvalue weighted by Crippen LogP contribution is 2.35. The van der Waals surface area contributed by atoms with Crippen LogP contribution in [0.4, 0.5) is 14.5 Å². The third-order valence-electron chi connectivity index (χ3n) is 5.18. The Balaban J connectivity index is 1.51. The molecule has 2 aromatic heterocycles. The number of benzene rings is 1. The van der Waals surface area contributed by atoms with Crippen molar-refractivity contribution < 1.29 is 26.5 Å². The molecule has 3 aromatic rings. The number of sulfonamides is 1. The van der Waals surface area contributed by atoms with Gasteiger partial charge in [0.1, 0.15) is 0 Å². The molecule has 32 heavy (non-hydrogen) atoms. The lowest BCUT2D eigenvalue weighted by Crippen LogP contribution is -2.43. The van der Waals surface area contributed by atoms with Gasteiger partial charge in [-0.25, -0.2) is 17.2 Å². The number of aryl methyl sites for hydroxylation is 2. The van der Waals surface area contributed by atoms with Crippen molar-refractivity contribution in [3.63, 3.8) is 0 Å². The van der Waals surface area contributed by atoms with Crippen LogP contribution in [0.1, 0.15) is 23.6 Å². The number of carbonyl (C=O) groups excluding carboxylic acids is 1. The molecule has 3 heterocycles. The highest BCUT2D eigenvalue weighted by molar-refractivity contribution is 7.89. The van der Waals surface area contributed by atoms with Crippen molar-refractivity contribution in [1.29, 1.82) is 0 Å². The van der Waals surface area contributed by atoms with Gasteiger partial charge in [-0.05, 0) is 38.0 Å². The van der Waals surface area contributed by atoms with Crippen LogP contribution >= 0.6 is 11.3 Å². The molecule has 0 aliphatic carbocycles. The molecule has 1 saturated heterocycles. The van der Waals surface area contributed by atoms with E-state index in [-0.39, 0.29) is 23.7 Å². The van der Waals surface area contributed by atoms with E-state index in [1.807, 2.05) is 0 Å². The Morgan fingerprint density at radius 3 is 2.72 bits per heavy atom. The monoisotopic (exact) mass is 482 g/mol. The Kier molecular flexibility index (Phi) is 6.10. The van der Waals surface area contributed by atoms with Crippen LogP contribution < -0.4 is 5.32 Å². The molecule has 0 saturated carbocycles. The van der Waals surface area contributed by atoms with Gasteiger partial charge in [0.2, 0.25) is 27.6 Å². The zero-order valence-electron chi connectivity index (χ0n) is 17.3. The minimum atomic E-state index is -3.86. The SMILES string of the molecule is Cc1nc(-c2cc(S(=O)(=O)N3CCC[C@@H](C(=O)Nc4ccc(F)c(F)c4)C3)c(C)s2)no1. The van der Waals surface area contributed by atoms with Crippen molar-refractivity contribution in [1.82, 2.24) is 14.4 Å². The first kappa shape index (κ1) is 22.5. The van der Waals surface area contributed by atoms with E-state index < -0.39 is 33.5 Å². The predicted octanol–water partition coefficient (Wildman–Crippen LogP) is 3.73. The van der Waals surface area contributed by atoms with Gasteiger partial charge in [0.25, 0.3) is 0 Å². The van der Waals surface area contributed by atoms with E-state index in [1.165, 1.54) is 27.8 Å². The van der Waals surface area contributed by atoms with Crippen LogP contribution in [0, 0.1) is 31.4 Å². The Morgan fingerprint density at radius 1 is 1.25 bits per heavy atom. The van der Waals surface area contributed by atoms with E-state index in [0.29, 0.717) is 34.3 Å². The van der Waals surface area contributed by atoms with Gasteiger partial charge >= 0.3 is 0 Å². The number of amides is 1. The fourth-order valence-electron chi connectivity index (χ4n) is 3.56. The van der Waals surface area contributed by atoms with Crippen molar-refractivity contribution >= 4 is 33.0 Å². The van der Waals surface area contributed by atoms with Gasteiger partial charge in [0.15, 0.2) is 11.6 Å². The Hall–Kier alpha value is -2.70. The van der Waals surface area contributed by atoms with E-state index in [0.717, 1.165) is 12.1 Å². The van der Waals surface area contributed by atoms with Crippen LogP contribution in [0.2, 0.25) is 0 Å². The number of hydrogen-bond donors (Lipinski definition) is 1. The topological polar surface area (TPSA) is 105 Å². The summed E-state index contributed by atoms with van der Waals surface area (Å²) in [4.78, 5) is 18.1. The number of hydrogen-bond acceptors (Lipinski definition) is 7. The molecule has 8 nitrogen and oxygen atoms in total. The summed E-state index contributed by atoms with van der Waals surface area (Å²) >= 11 is 1.25. The van der Waals surface area contributed by atoms with Gasteiger partial charge in [-0.1, -0.05) is 5.16 Å². The number of carbonyl (C=O) groups is 1. The highest BCUT2D eigenvalue weighted by atomic mass is 32.2. The standard InChI is InChI=1S/C20H20F2N4O4S2/c1-11-18(9-17(31-11)19-23-12(2)30-25-19)32(28,29)26-7-3-4-13(10-26)20(27)24-14-5-6-15(21)16(22)8-14/h5-6,8-9,13H,3-4,7,10H2,1-2H3,(H,24,27)/t13-/m1/s1. The van der Waals surface area contributed by atoms with E-state index in [1.54, 1.807) is 13.8 Å². The number of halogens is 2. The largest absolute Gasteiger partial charge is 0.339 e. The lowest BCUT2D eigenvalue weighted by atomic mass is 9.98. The molecule has 170 valence electrons. The molecule has 0 spiro atoms. The Morgan fingerprint density at radius 2 is 2.03 bits per heavy atom. The summed E-state index contributed by atoms with van der Waals surface area (Å²) in [6.45, 7) is 3.62. The van der Waals surface area contributed by atoms with E-state index in [9.17, 15) is 22.0 Å². The number of rotatable bonds is 5. The number of nitrogens with one attached hydrogen (secondary N) is 1. The maximum Gasteiger partial charge on any atom is 0.244 e. The van der Waals surface area contributed by atoms with Crippen LogP contribution in [0.5, 0.6) is 0 Å². The fraction of sp³-hybridized carbons (Fsp3) is 0.350. The van der Waals surface area contributed by atoms with E-state index >= 15 is 0 Å². The molecule has 0 radical (unpaired) electrons. The zero-order chi connectivity index (χ0) is 23.0. The van der Waals surface area contributed by atoms with Crippen LogP contribution in [0.15, 0.2) is 33.7 Å². The third-order valence-corrected chi connectivity index (χ3v) is 8.35. The van der Waals surface area contributed by atoms with Gasteiger partial charge in [-0.3, -0.25) is 4.79 Å². The van der Waals surface area contributed by atoms with Gasteiger partial charge < -0.3 is 9.84 Å². The van der Waals surface area contributed by atoms with Crippen molar-refractivity contribution in [2.75, 3.05) is 18.4 Å². The molecule has 1 N–H and O–H groups in total. The molecule has 1 aliphatic rings. The lowest BCUT2D eigenvalue weighted by Gasteiger charge is -2.31. The second-order valence-electron chi connectivity index (χ2n) is 7.49. The minimum absolute atomic E-state index is 0.0101. The maximum atomic E-state index is 13.4. The highest BCUT2D eigenvalue weighted by Gasteiger charge is 2.35. The molecular weight excluding hydrogens is 462 g/mol. The molecular formula is C20H20F2N4O4S2. The van der Waals surface area contributed by atoms with Crippen molar-refractivity contribution in [2.45, 2.75) is 31.6 Å². The summed E-state index contributed by atoms with van der Waals surface area (Å²) in [5, 5.41) is 6.37. The van der Waals surface area contributed by atoms with Gasteiger partial charge in [0.05, 0.1) is 15.7 Å². The number of piperidine rings is 1. The van der Waals surface area contributed by atoms with Crippen LogP contribution in [-0.2, 0) is 14.8 Å². The first-order valence-corrected chi connectivity index (χ1v) is 12.1. The van der Waals surface area contributed by atoms with Crippen molar-refractivity contribution in [2.24, 2.45) is 5.92 Å². The second-order valence-corrected chi connectivity index (χ2v) is 10.7. The predicted molar refractivity (Wildman–Crippen MR) is 114 cm³/mol. The van der Waals surface area contributed by atoms with Crippen LogP contribution in [-0.4, -0.2) is 41.9 Å². The second kappa shape index (κ2) is 8.68. The fourth-order valence-corrected chi connectivity index (χ4v) is 6.57. The number of anilines is 1. The maximum absolute atomic E-state index is 13.4. The number of nitrogens with zero attached hydrogens (tertiary/aromatic N) is 3. The normalized spacial score (nSPS) is 17.4. The summed E-state index contributed by atoms with van der Waals surface area (Å²) in [5.74, 6) is -2.46. The van der Waals surface area contributed by atoms with Crippen molar-refractivity contribution in [3.8, 4) is 10.7 Å². The van der Waals surface area contributed by atoms with Gasteiger partial charge in [0, 0.05) is 36.6 Å². The molecule has 1 fully saturated rings. The summed E-state index contributed by atoms with van der Waals surface area (Å²) in [5.41, 5.74) is 0.114. The molecule has 1 aliphatic heterocycles. The first-order valence-electron chi connectivity index (χ1n) is 9.82. The van der Waals surface area contributed by atoms with E-state index in [4.69, 9.17) is 4.52 Å². The molecule has 1 atom stereocenters. The third kappa shape index (κ3) is 4.43. The average molecular weight is 483 g/mol.